The Labute approximate surface area is 129 Å². The number of anilines is 1. The second-order valence-corrected chi connectivity index (χ2v) is 5.70. The Morgan fingerprint density at radius 1 is 1.32 bits per heavy atom. The highest BCUT2D eigenvalue weighted by Crippen LogP contribution is 2.36. The smallest absolute Gasteiger partial charge is 0.317 e. The van der Waals surface area contributed by atoms with E-state index in [1.54, 1.807) is 47.6 Å². The van der Waals surface area contributed by atoms with Gasteiger partial charge in [0.25, 0.3) is 0 Å². The summed E-state index contributed by atoms with van der Waals surface area (Å²) in [6.45, 7) is 2.69. The first kappa shape index (κ1) is 14.5. The number of carbonyl (C=O) groups excluding carboxylic acids is 1. The Morgan fingerprint density at radius 2 is 2.14 bits per heavy atom. The summed E-state index contributed by atoms with van der Waals surface area (Å²) in [5.41, 5.74) is 1.22. The molecular weight excluding hydrogens is 281 g/mol. The van der Waals surface area contributed by atoms with Crippen molar-refractivity contribution in [2.45, 2.75) is 19.4 Å². The molecule has 3 rings (SSSR count). The summed E-state index contributed by atoms with van der Waals surface area (Å²) in [5.74, 6) is 0.0741. The molecular formula is C17H18FN3O. The van der Waals surface area contributed by atoms with E-state index in [4.69, 9.17) is 0 Å². The maximum absolute atomic E-state index is 14.1. The molecule has 1 fully saturated rings. The normalized spacial score (nSPS) is 20.9. The van der Waals surface area contributed by atoms with Gasteiger partial charge < -0.3 is 10.2 Å². The van der Waals surface area contributed by atoms with Gasteiger partial charge in [-0.1, -0.05) is 25.1 Å². The summed E-state index contributed by atoms with van der Waals surface area (Å²) in [7, 11) is 0. The van der Waals surface area contributed by atoms with Crippen LogP contribution in [0.3, 0.4) is 0 Å². The van der Waals surface area contributed by atoms with Crippen molar-refractivity contribution in [2.24, 2.45) is 5.92 Å². The molecule has 0 spiro atoms. The Morgan fingerprint density at radius 3 is 2.86 bits per heavy atom. The van der Waals surface area contributed by atoms with Crippen LogP contribution >= 0.6 is 0 Å². The number of pyridine rings is 1. The summed E-state index contributed by atoms with van der Waals surface area (Å²) < 4.78 is 14.1. The predicted molar refractivity (Wildman–Crippen MR) is 82.9 cm³/mol. The van der Waals surface area contributed by atoms with Gasteiger partial charge in [-0.05, 0) is 30.5 Å². The quantitative estimate of drug-likeness (QED) is 0.916. The van der Waals surface area contributed by atoms with Gasteiger partial charge in [0, 0.05) is 18.3 Å². The Kier molecular flexibility index (Phi) is 4.04. The molecule has 2 amide bonds. The molecule has 2 aromatic rings. The van der Waals surface area contributed by atoms with Crippen LogP contribution in [0.1, 0.15) is 24.9 Å². The first-order valence-corrected chi connectivity index (χ1v) is 7.37. The Balaban J connectivity index is 1.82. The lowest BCUT2D eigenvalue weighted by Crippen LogP contribution is -2.35. The van der Waals surface area contributed by atoms with Gasteiger partial charge in [-0.3, -0.25) is 4.98 Å². The van der Waals surface area contributed by atoms with E-state index in [0.717, 1.165) is 6.42 Å². The number of likely N-dealkylation sites (tertiary alicyclic amines) is 1. The van der Waals surface area contributed by atoms with Gasteiger partial charge in [0.1, 0.15) is 5.82 Å². The average Bonchev–Trinajstić information content (AvgIpc) is 2.90. The first-order chi connectivity index (χ1) is 10.6. The average molecular weight is 299 g/mol. The van der Waals surface area contributed by atoms with Crippen molar-refractivity contribution in [3.8, 4) is 0 Å². The number of hydrogen-bond donors (Lipinski definition) is 1. The van der Waals surface area contributed by atoms with Crippen molar-refractivity contribution in [1.82, 2.24) is 9.88 Å². The van der Waals surface area contributed by atoms with Crippen LogP contribution in [0.4, 0.5) is 14.9 Å². The molecule has 2 atom stereocenters. The zero-order chi connectivity index (χ0) is 15.5. The maximum atomic E-state index is 14.1. The van der Waals surface area contributed by atoms with Crippen LogP contribution in [0.15, 0.2) is 48.8 Å². The molecule has 1 aromatic carbocycles. The molecule has 1 aromatic heterocycles. The molecule has 5 heteroatoms. The fourth-order valence-electron chi connectivity index (χ4n) is 2.94. The highest BCUT2D eigenvalue weighted by molar-refractivity contribution is 5.89. The SMILES string of the molecule is CC1CC(c2ccccc2F)N(C(=O)Nc2cccnc2)C1. The van der Waals surface area contributed by atoms with Crippen LogP contribution in [-0.2, 0) is 0 Å². The molecule has 1 N–H and O–H groups in total. The molecule has 2 unspecified atom stereocenters. The third-order valence-electron chi connectivity index (χ3n) is 3.95. The van der Waals surface area contributed by atoms with Gasteiger partial charge in [0.15, 0.2) is 0 Å². The largest absolute Gasteiger partial charge is 0.322 e. The highest BCUT2D eigenvalue weighted by Gasteiger charge is 2.35. The number of amides is 2. The van der Waals surface area contributed by atoms with E-state index in [9.17, 15) is 9.18 Å². The number of halogens is 1. The Hall–Kier alpha value is -2.43. The Bertz CT molecular complexity index is 662. The summed E-state index contributed by atoms with van der Waals surface area (Å²) in [4.78, 5) is 18.2. The van der Waals surface area contributed by atoms with Gasteiger partial charge >= 0.3 is 6.03 Å². The van der Waals surface area contributed by atoms with Crippen molar-refractivity contribution in [1.29, 1.82) is 0 Å². The number of rotatable bonds is 2. The molecule has 0 aliphatic carbocycles. The lowest BCUT2D eigenvalue weighted by molar-refractivity contribution is 0.205. The molecule has 0 radical (unpaired) electrons. The van der Waals surface area contributed by atoms with Crippen LogP contribution in [0.5, 0.6) is 0 Å². The van der Waals surface area contributed by atoms with E-state index in [-0.39, 0.29) is 17.9 Å². The highest BCUT2D eigenvalue weighted by atomic mass is 19.1. The second-order valence-electron chi connectivity index (χ2n) is 5.70. The summed E-state index contributed by atoms with van der Waals surface area (Å²) in [5, 5.41) is 2.83. The fourth-order valence-corrected chi connectivity index (χ4v) is 2.94. The van der Waals surface area contributed by atoms with E-state index in [2.05, 4.69) is 17.2 Å². The lowest BCUT2D eigenvalue weighted by Gasteiger charge is -2.25. The molecule has 0 bridgehead atoms. The minimum atomic E-state index is -0.263. The first-order valence-electron chi connectivity index (χ1n) is 7.37. The van der Waals surface area contributed by atoms with E-state index in [1.165, 1.54) is 6.07 Å². The van der Waals surface area contributed by atoms with Gasteiger partial charge in [0.05, 0.1) is 17.9 Å². The van der Waals surface area contributed by atoms with Crippen LogP contribution in [0.2, 0.25) is 0 Å². The topological polar surface area (TPSA) is 45.2 Å². The molecule has 4 nitrogen and oxygen atoms in total. The number of benzene rings is 1. The van der Waals surface area contributed by atoms with Crippen molar-refractivity contribution < 1.29 is 9.18 Å². The minimum Gasteiger partial charge on any atom is -0.317 e. The summed E-state index contributed by atoms with van der Waals surface area (Å²) >= 11 is 0. The fraction of sp³-hybridized carbons (Fsp3) is 0.294. The third-order valence-corrected chi connectivity index (χ3v) is 3.95. The van der Waals surface area contributed by atoms with Crippen LogP contribution in [0, 0.1) is 11.7 Å². The maximum Gasteiger partial charge on any atom is 0.322 e. The van der Waals surface area contributed by atoms with Gasteiger partial charge in [0.2, 0.25) is 0 Å². The van der Waals surface area contributed by atoms with Crippen molar-refractivity contribution in [3.63, 3.8) is 0 Å². The molecule has 1 aliphatic rings. The van der Waals surface area contributed by atoms with Crippen LogP contribution in [0.25, 0.3) is 0 Å². The second kappa shape index (κ2) is 6.13. The minimum absolute atomic E-state index is 0.217. The zero-order valence-electron chi connectivity index (χ0n) is 12.4. The number of nitrogens with one attached hydrogen (secondary N) is 1. The van der Waals surface area contributed by atoms with E-state index >= 15 is 0 Å². The number of nitrogens with zero attached hydrogens (tertiary/aromatic N) is 2. The van der Waals surface area contributed by atoms with Gasteiger partial charge in [-0.15, -0.1) is 0 Å². The molecule has 1 saturated heterocycles. The predicted octanol–water partition coefficient (Wildman–Crippen LogP) is 3.84. The lowest BCUT2D eigenvalue weighted by atomic mass is 10.0. The molecule has 0 saturated carbocycles. The van der Waals surface area contributed by atoms with Crippen molar-refractivity contribution >= 4 is 11.7 Å². The van der Waals surface area contributed by atoms with Gasteiger partial charge in [-0.2, -0.15) is 0 Å². The standard InChI is InChI=1S/C17H18FN3O/c1-12-9-16(14-6-2-3-7-15(14)18)21(11-12)17(22)20-13-5-4-8-19-10-13/h2-8,10,12,16H,9,11H2,1H3,(H,20,22). The zero-order valence-corrected chi connectivity index (χ0v) is 12.4. The van der Waals surface area contributed by atoms with Crippen LogP contribution in [-0.4, -0.2) is 22.5 Å². The van der Waals surface area contributed by atoms with Crippen LogP contribution < -0.4 is 5.32 Å². The summed E-state index contributed by atoms with van der Waals surface area (Å²) in [6, 6.07) is 9.76. The third kappa shape index (κ3) is 2.93. The monoisotopic (exact) mass is 299 g/mol. The number of hydrogen-bond acceptors (Lipinski definition) is 2. The van der Waals surface area contributed by atoms with Crippen molar-refractivity contribution in [2.75, 3.05) is 11.9 Å². The molecule has 2 heterocycles. The van der Waals surface area contributed by atoms with E-state index in [1.807, 2.05) is 0 Å². The number of aromatic nitrogens is 1. The van der Waals surface area contributed by atoms with Crippen molar-refractivity contribution in [3.05, 3.63) is 60.2 Å². The number of carbonyl (C=O) groups is 1. The number of urea groups is 1. The summed E-state index contributed by atoms with van der Waals surface area (Å²) in [6.07, 6.45) is 4.01. The van der Waals surface area contributed by atoms with Gasteiger partial charge in [-0.25, -0.2) is 9.18 Å². The van der Waals surface area contributed by atoms with E-state index in [0.29, 0.717) is 23.7 Å². The molecule has 22 heavy (non-hydrogen) atoms. The molecule has 114 valence electrons. The molecule has 1 aliphatic heterocycles. The van der Waals surface area contributed by atoms with E-state index < -0.39 is 0 Å².